The van der Waals surface area contributed by atoms with E-state index in [9.17, 15) is 5.11 Å². The number of aromatic nitrogens is 2. The molecule has 16 heavy (non-hydrogen) atoms. The Bertz CT molecular complexity index is 476. The molecule has 0 fully saturated rings. The van der Waals surface area contributed by atoms with Crippen molar-refractivity contribution in [2.75, 3.05) is 0 Å². The molecule has 0 saturated heterocycles. The SMILES string of the molecule is OC(Cc1ccc(Cl)c(Cl)c1)c1cnsn1. The largest absolute Gasteiger partial charge is 0.386 e. The third-order valence-electron chi connectivity index (χ3n) is 2.13. The Labute approximate surface area is 107 Å². The first-order chi connectivity index (χ1) is 7.66. The van der Waals surface area contributed by atoms with Crippen molar-refractivity contribution < 1.29 is 5.11 Å². The summed E-state index contributed by atoms with van der Waals surface area (Å²) in [6.07, 6.45) is 1.35. The van der Waals surface area contributed by atoms with Gasteiger partial charge in [-0.25, -0.2) is 0 Å². The molecule has 0 amide bonds. The molecular formula is C10H8Cl2N2OS. The maximum Gasteiger partial charge on any atom is 0.103 e. The topological polar surface area (TPSA) is 46.0 Å². The summed E-state index contributed by atoms with van der Waals surface area (Å²) in [6.45, 7) is 0. The van der Waals surface area contributed by atoms with Gasteiger partial charge in [0.1, 0.15) is 11.8 Å². The van der Waals surface area contributed by atoms with Gasteiger partial charge < -0.3 is 5.11 Å². The number of hydrogen-bond donors (Lipinski definition) is 1. The van der Waals surface area contributed by atoms with Crippen molar-refractivity contribution in [1.82, 2.24) is 8.75 Å². The van der Waals surface area contributed by atoms with Crippen LogP contribution in [0.25, 0.3) is 0 Å². The molecule has 3 nitrogen and oxygen atoms in total. The number of benzene rings is 1. The van der Waals surface area contributed by atoms with Crippen LogP contribution in [0.5, 0.6) is 0 Å². The van der Waals surface area contributed by atoms with Crippen molar-refractivity contribution in [2.45, 2.75) is 12.5 Å². The third kappa shape index (κ3) is 2.71. The highest BCUT2D eigenvalue weighted by Crippen LogP contribution is 2.25. The molecule has 1 aromatic carbocycles. The summed E-state index contributed by atoms with van der Waals surface area (Å²) in [6, 6.07) is 5.29. The van der Waals surface area contributed by atoms with E-state index in [-0.39, 0.29) is 0 Å². The molecule has 1 aromatic heterocycles. The highest BCUT2D eigenvalue weighted by molar-refractivity contribution is 6.99. The summed E-state index contributed by atoms with van der Waals surface area (Å²) >= 11 is 12.8. The molecule has 84 valence electrons. The molecule has 0 aliphatic carbocycles. The van der Waals surface area contributed by atoms with E-state index >= 15 is 0 Å². The summed E-state index contributed by atoms with van der Waals surface area (Å²) in [5.41, 5.74) is 1.49. The predicted molar refractivity (Wildman–Crippen MR) is 65.0 cm³/mol. The smallest absolute Gasteiger partial charge is 0.103 e. The second-order valence-corrected chi connectivity index (χ2v) is 4.67. The van der Waals surface area contributed by atoms with E-state index in [2.05, 4.69) is 8.75 Å². The van der Waals surface area contributed by atoms with Gasteiger partial charge in [-0.1, -0.05) is 29.3 Å². The minimum atomic E-state index is -0.656. The van der Waals surface area contributed by atoms with Crippen molar-refractivity contribution in [3.8, 4) is 0 Å². The van der Waals surface area contributed by atoms with Gasteiger partial charge in [0.2, 0.25) is 0 Å². The van der Waals surface area contributed by atoms with Crippen LogP contribution in [-0.2, 0) is 6.42 Å². The van der Waals surface area contributed by atoms with Crippen LogP contribution in [0.4, 0.5) is 0 Å². The first-order valence-electron chi connectivity index (χ1n) is 4.56. The molecule has 1 atom stereocenters. The van der Waals surface area contributed by atoms with Gasteiger partial charge >= 0.3 is 0 Å². The van der Waals surface area contributed by atoms with E-state index in [0.29, 0.717) is 22.2 Å². The second kappa shape index (κ2) is 5.10. The van der Waals surface area contributed by atoms with E-state index < -0.39 is 6.10 Å². The van der Waals surface area contributed by atoms with Gasteiger partial charge in [-0.2, -0.15) is 8.75 Å². The zero-order valence-electron chi connectivity index (χ0n) is 8.10. The fraction of sp³-hybridized carbons (Fsp3) is 0.200. The highest BCUT2D eigenvalue weighted by atomic mass is 35.5. The lowest BCUT2D eigenvalue weighted by Gasteiger charge is -2.07. The highest BCUT2D eigenvalue weighted by Gasteiger charge is 2.12. The summed E-state index contributed by atoms with van der Waals surface area (Å²) in [7, 11) is 0. The van der Waals surface area contributed by atoms with Crippen LogP contribution in [0.15, 0.2) is 24.4 Å². The van der Waals surface area contributed by atoms with Gasteiger partial charge in [0, 0.05) is 6.42 Å². The van der Waals surface area contributed by atoms with Crippen LogP contribution in [0, 0.1) is 0 Å². The third-order valence-corrected chi connectivity index (χ3v) is 3.36. The van der Waals surface area contributed by atoms with Gasteiger partial charge in [-0.3, -0.25) is 0 Å². The Hall–Kier alpha value is -0.680. The average molecular weight is 275 g/mol. The number of aliphatic hydroxyl groups is 1. The molecule has 6 heteroatoms. The van der Waals surface area contributed by atoms with Crippen molar-refractivity contribution in [3.63, 3.8) is 0 Å². The molecule has 0 aliphatic rings. The number of hydrogen-bond acceptors (Lipinski definition) is 4. The Morgan fingerprint density at radius 2 is 2.12 bits per heavy atom. The summed E-state index contributed by atoms with van der Waals surface area (Å²) in [5, 5.41) is 10.8. The molecule has 1 unspecified atom stereocenters. The van der Waals surface area contributed by atoms with Crippen molar-refractivity contribution in [1.29, 1.82) is 0 Å². The summed E-state index contributed by atoms with van der Waals surface area (Å²) in [5.74, 6) is 0. The minimum absolute atomic E-state index is 0.447. The van der Waals surface area contributed by atoms with Gasteiger partial charge in [0.05, 0.1) is 28.0 Å². The number of nitrogens with zero attached hydrogens (tertiary/aromatic N) is 2. The summed E-state index contributed by atoms with van der Waals surface area (Å²) < 4.78 is 7.81. The molecule has 0 aliphatic heterocycles. The molecule has 0 saturated carbocycles. The standard InChI is InChI=1S/C10H8Cl2N2OS/c11-7-2-1-6(3-8(7)12)4-10(15)9-5-13-16-14-9/h1-3,5,10,15H,4H2. The fourth-order valence-corrected chi connectivity index (χ4v) is 2.10. The van der Waals surface area contributed by atoms with Crippen LogP contribution in [-0.4, -0.2) is 13.9 Å². The molecule has 0 radical (unpaired) electrons. The van der Waals surface area contributed by atoms with Crippen molar-refractivity contribution in [2.24, 2.45) is 0 Å². The maximum atomic E-state index is 9.85. The average Bonchev–Trinajstić information content (AvgIpc) is 2.77. The predicted octanol–water partition coefficient (Wildman–Crippen LogP) is 3.12. The lowest BCUT2D eigenvalue weighted by Crippen LogP contribution is -2.01. The Balaban J connectivity index is 2.12. The van der Waals surface area contributed by atoms with E-state index in [4.69, 9.17) is 23.2 Å². The van der Waals surface area contributed by atoms with Gasteiger partial charge in [0.15, 0.2) is 0 Å². The molecule has 0 spiro atoms. The van der Waals surface area contributed by atoms with Gasteiger partial charge in [0.25, 0.3) is 0 Å². The zero-order valence-corrected chi connectivity index (χ0v) is 10.4. The van der Waals surface area contributed by atoms with Crippen molar-refractivity contribution in [3.05, 3.63) is 45.7 Å². The van der Waals surface area contributed by atoms with Crippen molar-refractivity contribution >= 4 is 34.9 Å². The van der Waals surface area contributed by atoms with Crippen LogP contribution in [0.3, 0.4) is 0 Å². The first-order valence-corrected chi connectivity index (χ1v) is 6.05. The second-order valence-electron chi connectivity index (χ2n) is 3.30. The minimum Gasteiger partial charge on any atom is -0.386 e. The van der Waals surface area contributed by atoms with Crippen LogP contribution < -0.4 is 0 Å². The quantitative estimate of drug-likeness (QED) is 0.936. The van der Waals surface area contributed by atoms with E-state index in [0.717, 1.165) is 17.3 Å². The Morgan fingerprint density at radius 1 is 1.31 bits per heavy atom. The molecule has 2 rings (SSSR count). The number of aliphatic hydroxyl groups excluding tert-OH is 1. The Morgan fingerprint density at radius 3 is 2.75 bits per heavy atom. The van der Waals surface area contributed by atoms with Crippen LogP contribution in [0.2, 0.25) is 10.0 Å². The normalized spacial score (nSPS) is 12.7. The lowest BCUT2D eigenvalue weighted by atomic mass is 10.1. The molecule has 0 bridgehead atoms. The number of halogens is 2. The maximum absolute atomic E-state index is 9.85. The molecular weight excluding hydrogens is 267 g/mol. The molecule has 1 N–H and O–H groups in total. The molecule has 2 aromatic rings. The Kier molecular flexibility index (Phi) is 3.76. The van der Waals surface area contributed by atoms with E-state index in [1.54, 1.807) is 18.3 Å². The fourth-order valence-electron chi connectivity index (χ4n) is 1.31. The monoisotopic (exact) mass is 274 g/mol. The van der Waals surface area contributed by atoms with E-state index in [1.165, 1.54) is 0 Å². The first kappa shape index (κ1) is 11.8. The van der Waals surface area contributed by atoms with E-state index in [1.807, 2.05) is 6.07 Å². The molecule has 1 heterocycles. The van der Waals surface area contributed by atoms with Gasteiger partial charge in [-0.15, -0.1) is 0 Å². The zero-order chi connectivity index (χ0) is 11.5. The lowest BCUT2D eigenvalue weighted by molar-refractivity contribution is 0.174. The van der Waals surface area contributed by atoms with Crippen LogP contribution in [0.1, 0.15) is 17.4 Å². The van der Waals surface area contributed by atoms with Gasteiger partial charge in [-0.05, 0) is 17.7 Å². The van der Waals surface area contributed by atoms with Crippen LogP contribution >= 0.6 is 34.9 Å². The summed E-state index contributed by atoms with van der Waals surface area (Å²) in [4.78, 5) is 0. The number of rotatable bonds is 3.